The molecule has 5 nitrogen and oxygen atoms in total. The van der Waals surface area contributed by atoms with E-state index in [1.54, 1.807) is 12.1 Å². The van der Waals surface area contributed by atoms with E-state index >= 15 is 0 Å². The van der Waals surface area contributed by atoms with Gasteiger partial charge in [-0.3, -0.25) is 9.79 Å². The molecule has 3 aromatic rings. The first-order chi connectivity index (χ1) is 11.6. The molecule has 2 aliphatic rings. The minimum atomic E-state index is 0.0135. The summed E-state index contributed by atoms with van der Waals surface area (Å²) in [7, 11) is 1.91. The molecule has 1 aromatic carbocycles. The van der Waals surface area contributed by atoms with Crippen LogP contribution in [0.1, 0.15) is 32.9 Å². The van der Waals surface area contributed by atoms with Gasteiger partial charge in [0.2, 0.25) is 5.78 Å². The lowest BCUT2D eigenvalue weighted by Gasteiger charge is -2.21. The fourth-order valence-electron chi connectivity index (χ4n) is 3.83. The predicted octanol–water partition coefficient (Wildman–Crippen LogP) is 2.66. The number of phenolic OH excluding ortho intramolecular Hbond substituents is 1. The maximum absolute atomic E-state index is 13.0. The summed E-state index contributed by atoms with van der Waals surface area (Å²) in [5.41, 5.74) is 7.17. The van der Waals surface area contributed by atoms with Gasteiger partial charge >= 0.3 is 0 Å². The van der Waals surface area contributed by atoms with Gasteiger partial charge in [-0.05, 0) is 29.7 Å². The van der Waals surface area contributed by atoms with Crippen LogP contribution in [0, 0.1) is 0 Å². The Labute approximate surface area is 138 Å². The fourth-order valence-corrected chi connectivity index (χ4v) is 3.83. The molecule has 2 aromatic heterocycles. The summed E-state index contributed by atoms with van der Waals surface area (Å²) in [5.74, 6) is 0.237. The van der Waals surface area contributed by atoms with Crippen LogP contribution in [0.2, 0.25) is 0 Å². The number of aromatic nitrogens is 2. The summed E-state index contributed by atoms with van der Waals surface area (Å²) >= 11 is 0. The second-order valence-corrected chi connectivity index (χ2v) is 6.30. The van der Waals surface area contributed by atoms with E-state index in [1.165, 1.54) is 5.56 Å². The Morgan fingerprint density at radius 3 is 2.79 bits per heavy atom. The third-order valence-electron chi connectivity index (χ3n) is 4.89. The highest BCUT2D eigenvalue weighted by Crippen LogP contribution is 2.38. The molecule has 2 N–H and O–H groups in total. The van der Waals surface area contributed by atoms with Crippen molar-refractivity contribution >= 4 is 11.5 Å². The average Bonchev–Trinajstić information content (AvgIpc) is 3.15. The van der Waals surface area contributed by atoms with E-state index in [0.29, 0.717) is 5.69 Å². The van der Waals surface area contributed by atoms with Gasteiger partial charge in [-0.2, -0.15) is 0 Å². The summed E-state index contributed by atoms with van der Waals surface area (Å²) in [6, 6.07) is 7.02. The number of aromatic amines is 1. The number of fused-ring (bicyclic) bond motifs is 2. The number of carbonyl (C=O) groups excluding carboxylic acids is 1. The van der Waals surface area contributed by atoms with Gasteiger partial charge in [0, 0.05) is 42.7 Å². The van der Waals surface area contributed by atoms with Crippen molar-refractivity contribution in [3.63, 3.8) is 0 Å². The van der Waals surface area contributed by atoms with Gasteiger partial charge in [0.1, 0.15) is 11.4 Å². The Bertz CT molecular complexity index is 1040. The largest absolute Gasteiger partial charge is 0.508 e. The highest BCUT2D eigenvalue weighted by Gasteiger charge is 2.37. The van der Waals surface area contributed by atoms with Crippen LogP contribution in [0.5, 0.6) is 5.75 Å². The van der Waals surface area contributed by atoms with Gasteiger partial charge in [0.05, 0.1) is 11.4 Å². The third kappa shape index (κ3) is 1.58. The first-order valence-corrected chi connectivity index (χ1v) is 7.94. The van der Waals surface area contributed by atoms with Gasteiger partial charge in [-0.15, -0.1) is 0 Å². The number of ketones is 1. The Morgan fingerprint density at radius 2 is 2.00 bits per heavy atom. The topological polar surface area (TPSA) is 70.4 Å². The van der Waals surface area contributed by atoms with E-state index in [1.807, 2.05) is 36.1 Å². The minimum absolute atomic E-state index is 0.0135. The van der Waals surface area contributed by atoms with Crippen molar-refractivity contribution in [2.45, 2.75) is 6.42 Å². The lowest BCUT2D eigenvalue weighted by atomic mass is 9.84. The van der Waals surface area contributed by atoms with Crippen molar-refractivity contribution in [3.8, 4) is 16.9 Å². The second-order valence-electron chi connectivity index (χ2n) is 6.30. The number of aromatic hydroxyl groups is 1. The van der Waals surface area contributed by atoms with Crippen molar-refractivity contribution in [2.75, 3.05) is 6.54 Å². The molecular formula is C19H15N3O2. The molecule has 0 saturated carbocycles. The van der Waals surface area contributed by atoms with Crippen LogP contribution in [0.4, 0.5) is 0 Å². The number of aryl methyl sites for hydroxylation is 1. The van der Waals surface area contributed by atoms with Crippen molar-refractivity contribution in [2.24, 2.45) is 12.0 Å². The van der Waals surface area contributed by atoms with E-state index in [0.717, 1.165) is 46.6 Å². The maximum Gasteiger partial charge on any atom is 0.226 e. The molecule has 5 rings (SSSR count). The highest BCUT2D eigenvalue weighted by molar-refractivity contribution is 6.32. The normalized spacial score (nSPS) is 15.0. The Hall–Kier alpha value is -3.08. The highest BCUT2D eigenvalue weighted by atomic mass is 16.3. The van der Waals surface area contributed by atoms with Crippen LogP contribution in [0.25, 0.3) is 11.1 Å². The van der Waals surface area contributed by atoms with Gasteiger partial charge < -0.3 is 14.7 Å². The molecule has 0 atom stereocenters. The molecule has 0 fully saturated rings. The van der Waals surface area contributed by atoms with Crippen LogP contribution >= 0.6 is 0 Å². The molecule has 1 aliphatic heterocycles. The van der Waals surface area contributed by atoms with Gasteiger partial charge in [0.25, 0.3) is 0 Å². The van der Waals surface area contributed by atoms with Crippen molar-refractivity contribution in [3.05, 3.63) is 64.7 Å². The van der Waals surface area contributed by atoms with E-state index < -0.39 is 0 Å². The minimum Gasteiger partial charge on any atom is -0.508 e. The monoisotopic (exact) mass is 317 g/mol. The number of carbonyl (C=O) groups is 1. The molecule has 3 heterocycles. The SMILES string of the molecule is Cn1cc2c3c1C(=O)c1[nH]cc(-c4ccc(O)cc4)c1C3=NCC2. The molecule has 5 heteroatoms. The number of hydrogen-bond acceptors (Lipinski definition) is 3. The molecule has 0 amide bonds. The van der Waals surface area contributed by atoms with Crippen molar-refractivity contribution < 1.29 is 9.90 Å². The third-order valence-corrected chi connectivity index (χ3v) is 4.89. The van der Waals surface area contributed by atoms with Crippen LogP contribution in [-0.2, 0) is 13.5 Å². The molecule has 0 saturated heterocycles. The zero-order chi connectivity index (χ0) is 16.4. The van der Waals surface area contributed by atoms with E-state index in [4.69, 9.17) is 4.99 Å². The molecule has 0 bridgehead atoms. The van der Waals surface area contributed by atoms with Gasteiger partial charge in [-0.1, -0.05) is 12.1 Å². The first kappa shape index (κ1) is 13.4. The summed E-state index contributed by atoms with van der Waals surface area (Å²) in [5, 5.41) is 9.52. The molecule has 0 spiro atoms. The first-order valence-electron chi connectivity index (χ1n) is 7.94. The van der Waals surface area contributed by atoms with Gasteiger partial charge in [-0.25, -0.2) is 0 Å². The smallest absolute Gasteiger partial charge is 0.226 e. The van der Waals surface area contributed by atoms with E-state index in [-0.39, 0.29) is 11.5 Å². The summed E-state index contributed by atoms with van der Waals surface area (Å²) in [4.78, 5) is 20.9. The lowest BCUT2D eigenvalue weighted by molar-refractivity contribution is 0.102. The van der Waals surface area contributed by atoms with Crippen LogP contribution in [0.3, 0.4) is 0 Å². The van der Waals surface area contributed by atoms with Gasteiger partial charge in [0.15, 0.2) is 0 Å². The van der Waals surface area contributed by atoms with E-state index in [9.17, 15) is 9.90 Å². The van der Waals surface area contributed by atoms with Crippen molar-refractivity contribution in [1.29, 1.82) is 0 Å². The summed E-state index contributed by atoms with van der Waals surface area (Å²) in [6.07, 6.45) is 4.77. The molecule has 24 heavy (non-hydrogen) atoms. The molecule has 0 unspecified atom stereocenters. The molecule has 1 aliphatic carbocycles. The second kappa shape index (κ2) is 4.47. The fraction of sp³-hybridized carbons (Fsp3) is 0.158. The average molecular weight is 317 g/mol. The number of nitrogens with one attached hydrogen (secondary N) is 1. The quantitative estimate of drug-likeness (QED) is 0.566. The number of rotatable bonds is 1. The maximum atomic E-state index is 13.0. The van der Waals surface area contributed by atoms with Crippen molar-refractivity contribution in [1.82, 2.24) is 9.55 Å². The van der Waals surface area contributed by atoms with E-state index in [2.05, 4.69) is 4.98 Å². The number of hydrogen-bond donors (Lipinski definition) is 2. The zero-order valence-corrected chi connectivity index (χ0v) is 13.1. The van der Waals surface area contributed by atoms with Crippen LogP contribution in [-0.4, -0.2) is 32.7 Å². The molecular weight excluding hydrogens is 302 g/mol. The number of phenols is 1. The number of aliphatic imine (C=N–C) groups is 1. The number of nitrogens with zero attached hydrogens (tertiary/aromatic N) is 2. The molecule has 0 radical (unpaired) electrons. The van der Waals surface area contributed by atoms with Crippen LogP contribution < -0.4 is 0 Å². The standard InChI is InChI=1S/C19H15N3O2/c1-22-9-11-6-7-20-16-14(11)18(22)19(24)17-15(16)13(8-21-17)10-2-4-12(23)5-3-10/h2-5,8-9,21,23H,6-7H2,1H3. The number of H-pyrrole nitrogens is 1. The Balaban J connectivity index is 1.80. The van der Waals surface area contributed by atoms with Crippen LogP contribution in [0.15, 0.2) is 41.7 Å². The molecule has 118 valence electrons. The Morgan fingerprint density at radius 1 is 1.21 bits per heavy atom. The predicted molar refractivity (Wildman–Crippen MR) is 90.9 cm³/mol. The zero-order valence-electron chi connectivity index (χ0n) is 13.1. The summed E-state index contributed by atoms with van der Waals surface area (Å²) < 4.78 is 1.91. The number of benzene rings is 1. The lowest BCUT2D eigenvalue weighted by Crippen LogP contribution is -2.25. The summed E-state index contributed by atoms with van der Waals surface area (Å²) in [6.45, 7) is 0.736. The Kier molecular flexibility index (Phi) is 2.49.